The minimum atomic E-state index is -3.08. The molecule has 2 rings (SSSR count). The van der Waals surface area contributed by atoms with Crippen LogP contribution in [0.25, 0.3) is 0 Å². The molecule has 7 heteroatoms. The van der Waals surface area contributed by atoms with Crippen molar-refractivity contribution in [2.45, 2.75) is 12.5 Å². The van der Waals surface area contributed by atoms with Crippen molar-refractivity contribution < 1.29 is 22.7 Å². The number of aromatic hydroxyl groups is 1. The summed E-state index contributed by atoms with van der Waals surface area (Å²) in [6, 6.07) is 2.59. The number of hydrogen-bond donors (Lipinski definition) is 2. The number of carbonyl (C=O) groups is 1. The van der Waals surface area contributed by atoms with Gasteiger partial charge < -0.3 is 10.4 Å². The van der Waals surface area contributed by atoms with Crippen LogP contribution in [-0.4, -0.2) is 37.0 Å². The van der Waals surface area contributed by atoms with E-state index >= 15 is 0 Å². The Hall–Kier alpha value is -1.63. The van der Waals surface area contributed by atoms with Crippen molar-refractivity contribution in [2.75, 3.05) is 11.5 Å². The Labute approximate surface area is 104 Å². The summed E-state index contributed by atoms with van der Waals surface area (Å²) in [6.45, 7) is 0. The molecule has 18 heavy (non-hydrogen) atoms. The standard InChI is InChI=1S/C11H12FNO4S/c12-7-1-2-9(10(14)5-7)11(15)13-8-3-4-18(16,17)6-8/h1-2,5,8,14H,3-4,6H2,(H,13,15). The summed E-state index contributed by atoms with van der Waals surface area (Å²) < 4.78 is 35.2. The summed E-state index contributed by atoms with van der Waals surface area (Å²) in [4.78, 5) is 11.8. The molecule has 98 valence electrons. The summed E-state index contributed by atoms with van der Waals surface area (Å²) in [5.41, 5.74) is -0.0688. The molecule has 1 atom stereocenters. The first-order valence-corrected chi connectivity index (χ1v) is 7.19. The van der Waals surface area contributed by atoms with E-state index < -0.39 is 33.4 Å². The van der Waals surface area contributed by atoms with Gasteiger partial charge in [-0.15, -0.1) is 0 Å². The quantitative estimate of drug-likeness (QED) is 0.819. The van der Waals surface area contributed by atoms with Crippen molar-refractivity contribution in [1.29, 1.82) is 0 Å². The highest BCUT2D eigenvalue weighted by atomic mass is 32.2. The Bertz CT molecular complexity index is 585. The molecular weight excluding hydrogens is 261 g/mol. The SMILES string of the molecule is O=C(NC1CCS(=O)(=O)C1)c1ccc(F)cc1O. The van der Waals surface area contributed by atoms with Crippen LogP contribution >= 0.6 is 0 Å². The molecule has 1 aliphatic heterocycles. The Morgan fingerprint density at radius 1 is 1.44 bits per heavy atom. The van der Waals surface area contributed by atoms with Crippen LogP contribution < -0.4 is 5.32 Å². The fraction of sp³-hybridized carbons (Fsp3) is 0.364. The number of hydrogen-bond acceptors (Lipinski definition) is 4. The Morgan fingerprint density at radius 2 is 2.17 bits per heavy atom. The minimum Gasteiger partial charge on any atom is -0.507 e. The van der Waals surface area contributed by atoms with Crippen molar-refractivity contribution in [3.63, 3.8) is 0 Å². The minimum absolute atomic E-state index is 0.0490. The van der Waals surface area contributed by atoms with Crippen LogP contribution in [0.15, 0.2) is 18.2 Å². The number of rotatable bonds is 2. The van der Waals surface area contributed by atoms with E-state index in [1.54, 1.807) is 0 Å². The van der Waals surface area contributed by atoms with Crippen molar-refractivity contribution in [1.82, 2.24) is 5.32 Å². The number of sulfone groups is 1. The first-order chi connectivity index (χ1) is 8.37. The molecular formula is C11H12FNO4S. The number of benzene rings is 1. The van der Waals surface area contributed by atoms with Crippen LogP contribution in [0.2, 0.25) is 0 Å². The fourth-order valence-corrected chi connectivity index (χ4v) is 3.54. The van der Waals surface area contributed by atoms with Crippen LogP contribution in [0, 0.1) is 5.82 Å². The molecule has 0 aromatic heterocycles. The van der Waals surface area contributed by atoms with Crippen molar-refractivity contribution in [3.05, 3.63) is 29.6 Å². The average Bonchev–Trinajstić information content (AvgIpc) is 2.57. The number of carbonyl (C=O) groups excluding carboxylic acids is 1. The number of phenolic OH excluding ortho intramolecular Hbond substituents is 1. The smallest absolute Gasteiger partial charge is 0.255 e. The molecule has 0 aliphatic carbocycles. The monoisotopic (exact) mass is 273 g/mol. The molecule has 0 bridgehead atoms. The molecule has 1 aliphatic rings. The van der Waals surface area contributed by atoms with Crippen molar-refractivity contribution >= 4 is 15.7 Å². The van der Waals surface area contributed by atoms with E-state index in [1.807, 2.05) is 0 Å². The lowest BCUT2D eigenvalue weighted by atomic mass is 10.1. The predicted molar refractivity (Wildman–Crippen MR) is 62.6 cm³/mol. The van der Waals surface area contributed by atoms with E-state index in [-0.39, 0.29) is 17.1 Å². The average molecular weight is 273 g/mol. The van der Waals surface area contributed by atoms with E-state index in [0.29, 0.717) is 6.42 Å². The van der Waals surface area contributed by atoms with Gasteiger partial charge in [0.1, 0.15) is 11.6 Å². The van der Waals surface area contributed by atoms with Gasteiger partial charge in [0, 0.05) is 12.1 Å². The highest BCUT2D eigenvalue weighted by Crippen LogP contribution is 2.19. The first kappa shape index (κ1) is 12.8. The van der Waals surface area contributed by atoms with E-state index in [0.717, 1.165) is 18.2 Å². The van der Waals surface area contributed by atoms with Gasteiger partial charge >= 0.3 is 0 Å². The number of phenols is 1. The van der Waals surface area contributed by atoms with Crippen LogP contribution in [0.3, 0.4) is 0 Å². The molecule has 1 unspecified atom stereocenters. The zero-order chi connectivity index (χ0) is 13.3. The van der Waals surface area contributed by atoms with Gasteiger partial charge in [0.25, 0.3) is 5.91 Å². The number of halogens is 1. The third-order valence-electron chi connectivity index (χ3n) is 2.77. The van der Waals surface area contributed by atoms with E-state index in [1.165, 1.54) is 0 Å². The molecule has 1 heterocycles. The molecule has 0 spiro atoms. The highest BCUT2D eigenvalue weighted by molar-refractivity contribution is 7.91. The van der Waals surface area contributed by atoms with Gasteiger partial charge in [-0.25, -0.2) is 12.8 Å². The summed E-state index contributed by atoms with van der Waals surface area (Å²) in [5.74, 6) is -1.76. The van der Waals surface area contributed by atoms with E-state index in [2.05, 4.69) is 5.32 Å². The molecule has 0 radical (unpaired) electrons. The van der Waals surface area contributed by atoms with Gasteiger partial charge in [0.15, 0.2) is 9.84 Å². The lowest BCUT2D eigenvalue weighted by Crippen LogP contribution is -2.35. The molecule has 1 fully saturated rings. The topological polar surface area (TPSA) is 83.5 Å². The molecule has 0 saturated carbocycles. The molecule has 1 aromatic carbocycles. The van der Waals surface area contributed by atoms with Crippen LogP contribution in [-0.2, 0) is 9.84 Å². The van der Waals surface area contributed by atoms with Crippen LogP contribution in [0.4, 0.5) is 4.39 Å². The maximum Gasteiger partial charge on any atom is 0.255 e. The first-order valence-electron chi connectivity index (χ1n) is 5.37. The van der Waals surface area contributed by atoms with Gasteiger partial charge in [-0.1, -0.05) is 0 Å². The van der Waals surface area contributed by atoms with E-state index in [9.17, 15) is 22.7 Å². The molecule has 1 aromatic rings. The van der Waals surface area contributed by atoms with Gasteiger partial charge in [-0.2, -0.15) is 0 Å². The zero-order valence-electron chi connectivity index (χ0n) is 9.39. The van der Waals surface area contributed by atoms with Gasteiger partial charge in [-0.05, 0) is 18.6 Å². The van der Waals surface area contributed by atoms with Crippen LogP contribution in [0.1, 0.15) is 16.8 Å². The zero-order valence-corrected chi connectivity index (χ0v) is 10.2. The van der Waals surface area contributed by atoms with Gasteiger partial charge in [0.05, 0.1) is 17.1 Å². The maximum absolute atomic E-state index is 12.7. The molecule has 5 nitrogen and oxygen atoms in total. The fourth-order valence-electron chi connectivity index (χ4n) is 1.87. The third-order valence-corrected chi connectivity index (χ3v) is 4.54. The highest BCUT2D eigenvalue weighted by Gasteiger charge is 2.29. The summed E-state index contributed by atoms with van der Waals surface area (Å²) in [7, 11) is -3.08. The van der Waals surface area contributed by atoms with Crippen molar-refractivity contribution in [3.8, 4) is 5.75 Å². The van der Waals surface area contributed by atoms with Crippen LogP contribution in [0.5, 0.6) is 5.75 Å². The largest absolute Gasteiger partial charge is 0.507 e. The number of amides is 1. The summed E-state index contributed by atoms with van der Waals surface area (Å²) in [6.07, 6.45) is 0.357. The molecule has 2 N–H and O–H groups in total. The van der Waals surface area contributed by atoms with Crippen molar-refractivity contribution in [2.24, 2.45) is 0 Å². The Balaban J connectivity index is 2.09. The normalized spacial score (nSPS) is 21.7. The molecule has 1 saturated heterocycles. The Morgan fingerprint density at radius 3 is 2.72 bits per heavy atom. The third kappa shape index (κ3) is 2.79. The summed E-state index contributed by atoms with van der Waals surface area (Å²) >= 11 is 0. The van der Waals surface area contributed by atoms with Gasteiger partial charge in [-0.3, -0.25) is 4.79 Å². The second-order valence-corrected chi connectivity index (χ2v) is 6.46. The van der Waals surface area contributed by atoms with E-state index in [4.69, 9.17) is 0 Å². The summed E-state index contributed by atoms with van der Waals surface area (Å²) in [5, 5.41) is 11.9. The Kier molecular flexibility index (Phi) is 3.25. The lowest BCUT2D eigenvalue weighted by Gasteiger charge is -2.11. The number of nitrogens with one attached hydrogen (secondary N) is 1. The predicted octanol–water partition coefficient (Wildman–Crippen LogP) is 0.448. The van der Waals surface area contributed by atoms with Gasteiger partial charge in [0.2, 0.25) is 0 Å². The lowest BCUT2D eigenvalue weighted by molar-refractivity contribution is 0.0938. The second-order valence-electron chi connectivity index (χ2n) is 4.23. The molecule has 1 amide bonds. The maximum atomic E-state index is 12.7. The second kappa shape index (κ2) is 4.56.